The minimum Gasteiger partial charge on any atom is -0.408 e. The van der Waals surface area contributed by atoms with Crippen LogP contribution >= 0.6 is 0 Å². The van der Waals surface area contributed by atoms with E-state index in [4.69, 9.17) is 23.4 Å². The van der Waals surface area contributed by atoms with Crippen molar-refractivity contribution in [3.63, 3.8) is 0 Å². The van der Waals surface area contributed by atoms with Crippen LogP contribution in [0, 0.1) is 0 Å². The maximum Gasteiger partial charge on any atom is 0.192 e. The molecule has 6 heteroatoms. The lowest BCUT2D eigenvalue weighted by Crippen LogP contribution is -2.64. The second kappa shape index (κ2) is 17.1. The zero-order valence-electron chi connectivity index (χ0n) is 30.4. The summed E-state index contributed by atoms with van der Waals surface area (Å²) in [7, 11) is -2.36. The highest BCUT2D eigenvalue weighted by Crippen LogP contribution is 2.44. The van der Waals surface area contributed by atoms with E-state index < -0.39 is 38.3 Å². The van der Waals surface area contributed by atoms with Crippen molar-refractivity contribution in [3.05, 3.63) is 169 Å². The van der Waals surface area contributed by atoms with Crippen molar-refractivity contribution >= 4 is 8.32 Å². The molecule has 1 fully saturated rings. The fourth-order valence-corrected chi connectivity index (χ4v) is 7.77. The second-order valence-corrected chi connectivity index (χ2v) is 19.3. The molecule has 1 aliphatic rings. The summed E-state index contributed by atoms with van der Waals surface area (Å²) in [6.07, 6.45) is 2.09. The fraction of sp³-hybridized carbons (Fsp3) is 0.364. The van der Waals surface area contributed by atoms with Gasteiger partial charge in [-0.3, -0.25) is 0 Å². The number of hydrogen-bond acceptors (Lipinski definition) is 5. The SMILES string of the molecule is C=CCO[C@@H]1[C@@H](OCc2ccccc2)[C@H](O[Si](C)(C)C(C)(C)C)[C@@H](COC(c2ccccc2)(c2ccccc2)c2ccccc2)O[C@H]1CC=C. The molecule has 0 radical (unpaired) electrons. The summed E-state index contributed by atoms with van der Waals surface area (Å²) < 4.78 is 35.2. The van der Waals surface area contributed by atoms with Crippen LogP contribution < -0.4 is 0 Å². The van der Waals surface area contributed by atoms with Crippen molar-refractivity contribution in [2.75, 3.05) is 13.2 Å². The standard InChI is InChI=1S/C44H54O5Si/c1-8-22-38-40(45-31-9-2)42(46-32-34-23-14-10-15-24-34)41(49-50(6,7)43(3,4)5)39(48-38)33-47-44(35-25-16-11-17-26-35,36-27-18-12-19-28-36)37-29-20-13-21-30-37/h8-21,23-30,38-42H,1-2,22,31-33H2,3-7H3/t38-,39+,40-,41+,42+/m0/s1. The highest BCUT2D eigenvalue weighted by atomic mass is 28.4. The summed E-state index contributed by atoms with van der Waals surface area (Å²) >= 11 is 0. The lowest BCUT2D eigenvalue weighted by molar-refractivity contribution is -0.255. The third kappa shape index (κ3) is 8.63. The molecule has 0 saturated carbocycles. The zero-order chi connectivity index (χ0) is 35.6. The minimum absolute atomic E-state index is 0.0559. The molecular weight excluding hydrogens is 637 g/mol. The second-order valence-electron chi connectivity index (χ2n) is 14.5. The Morgan fingerprint density at radius 2 is 1.14 bits per heavy atom. The highest BCUT2D eigenvalue weighted by molar-refractivity contribution is 6.74. The third-order valence-electron chi connectivity index (χ3n) is 10.1. The summed E-state index contributed by atoms with van der Waals surface area (Å²) in [4.78, 5) is 0. The van der Waals surface area contributed by atoms with Crippen molar-refractivity contribution in [2.45, 2.75) is 88.1 Å². The molecular formula is C44H54O5Si. The van der Waals surface area contributed by atoms with Crippen molar-refractivity contribution in [3.8, 4) is 0 Å². The molecule has 0 unspecified atom stereocenters. The van der Waals surface area contributed by atoms with Crippen LogP contribution in [0.1, 0.15) is 49.4 Å². The maximum atomic E-state index is 7.38. The molecule has 5 nitrogen and oxygen atoms in total. The summed E-state index contributed by atoms with van der Waals surface area (Å²) in [5.41, 5.74) is 3.25. The van der Waals surface area contributed by atoms with Gasteiger partial charge in [-0.2, -0.15) is 0 Å². The van der Waals surface area contributed by atoms with Gasteiger partial charge in [0.1, 0.15) is 30.0 Å². The van der Waals surface area contributed by atoms with Gasteiger partial charge >= 0.3 is 0 Å². The number of rotatable bonds is 16. The molecule has 0 aliphatic carbocycles. The number of hydrogen-bond donors (Lipinski definition) is 0. The van der Waals surface area contributed by atoms with Crippen LogP contribution in [0.4, 0.5) is 0 Å². The molecule has 50 heavy (non-hydrogen) atoms. The van der Waals surface area contributed by atoms with Gasteiger partial charge in [0.2, 0.25) is 0 Å². The summed E-state index contributed by atoms with van der Waals surface area (Å²) in [6.45, 7) is 20.3. The molecule has 264 valence electrons. The van der Waals surface area contributed by atoms with Crippen LogP contribution in [-0.4, -0.2) is 52.1 Å². The smallest absolute Gasteiger partial charge is 0.192 e. The van der Waals surface area contributed by atoms with E-state index in [0.29, 0.717) is 19.6 Å². The van der Waals surface area contributed by atoms with Gasteiger partial charge in [0.05, 0.1) is 25.9 Å². The predicted octanol–water partition coefficient (Wildman–Crippen LogP) is 9.89. The van der Waals surface area contributed by atoms with E-state index in [1.54, 1.807) is 6.08 Å². The van der Waals surface area contributed by atoms with E-state index >= 15 is 0 Å². The van der Waals surface area contributed by atoms with Crippen LogP contribution in [0.15, 0.2) is 147 Å². The third-order valence-corrected chi connectivity index (χ3v) is 14.5. The Labute approximate surface area is 301 Å². The molecule has 4 aromatic carbocycles. The Kier molecular flexibility index (Phi) is 12.8. The minimum atomic E-state index is -2.36. The first-order valence-electron chi connectivity index (χ1n) is 17.7. The highest BCUT2D eigenvalue weighted by Gasteiger charge is 2.52. The molecule has 5 atom stereocenters. The van der Waals surface area contributed by atoms with E-state index in [1.807, 2.05) is 42.5 Å². The van der Waals surface area contributed by atoms with E-state index in [0.717, 1.165) is 22.3 Å². The summed E-state index contributed by atoms with van der Waals surface area (Å²) in [5, 5.41) is -0.0559. The average Bonchev–Trinajstić information content (AvgIpc) is 3.13. The van der Waals surface area contributed by atoms with Gasteiger partial charge in [0, 0.05) is 0 Å². The van der Waals surface area contributed by atoms with Crippen molar-refractivity contribution in [2.24, 2.45) is 0 Å². The Morgan fingerprint density at radius 1 is 0.640 bits per heavy atom. The van der Waals surface area contributed by atoms with Crippen LogP contribution in [0.2, 0.25) is 18.1 Å². The summed E-state index contributed by atoms with van der Waals surface area (Å²) in [6, 6.07) is 41.6. The quantitative estimate of drug-likeness (QED) is 0.0666. The monoisotopic (exact) mass is 690 g/mol. The fourth-order valence-electron chi connectivity index (χ4n) is 6.45. The van der Waals surface area contributed by atoms with Crippen molar-refractivity contribution < 1.29 is 23.4 Å². The molecule has 0 spiro atoms. The van der Waals surface area contributed by atoms with E-state index in [-0.39, 0.29) is 17.7 Å². The molecule has 1 aliphatic heterocycles. The van der Waals surface area contributed by atoms with Crippen LogP contribution in [0.3, 0.4) is 0 Å². The van der Waals surface area contributed by atoms with E-state index in [9.17, 15) is 0 Å². The van der Waals surface area contributed by atoms with Gasteiger partial charge in [0.25, 0.3) is 0 Å². The average molecular weight is 691 g/mol. The van der Waals surface area contributed by atoms with Crippen molar-refractivity contribution in [1.82, 2.24) is 0 Å². The number of benzene rings is 4. The Bertz CT molecular complexity index is 1510. The first-order valence-corrected chi connectivity index (χ1v) is 20.6. The lowest BCUT2D eigenvalue weighted by atomic mass is 9.80. The molecule has 0 aromatic heterocycles. The van der Waals surface area contributed by atoms with Gasteiger partial charge in [-0.05, 0) is 46.8 Å². The molecule has 1 heterocycles. The molecule has 4 aromatic rings. The van der Waals surface area contributed by atoms with E-state index in [1.165, 1.54) is 0 Å². The van der Waals surface area contributed by atoms with Gasteiger partial charge in [-0.1, -0.05) is 154 Å². The van der Waals surface area contributed by atoms with Gasteiger partial charge in [0.15, 0.2) is 8.32 Å². The maximum absolute atomic E-state index is 7.38. The topological polar surface area (TPSA) is 46.2 Å². The van der Waals surface area contributed by atoms with Crippen LogP contribution in [0.25, 0.3) is 0 Å². The van der Waals surface area contributed by atoms with E-state index in [2.05, 4.69) is 132 Å². The van der Waals surface area contributed by atoms with Crippen LogP contribution in [-0.2, 0) is 35.6 Å². The molecule has 0 amide bonds. The van der Waals surface area contributed by atoms with Gasteiger partial charge in [-0.15, -0.1) is 13.2 Å². The number of ether oxygens (including phenoxy) is 4. The normalized spacial score (nSPS) is 21.4. The zero-order valence-corrected chi connectivity index (χ0v) is 31.4. The van der Waals surface area contributed by atoms with Gasteiger partial charge in [-0.25, -0.2) is 0 Å². The molecule has 1 saturated heterocycles. The Morgan fingerprint density at radius 3 is 1.60 bits per heavy atom. The predicted molar refractivity (Wildman–Crippen MR) is 206 cm³/mol. The van der Waals surface area contributed by atoms with Gasteiger partial charge < -0.3 is 23.4 Å². The summed E-state index contributed by atoms with van der Waals surface area (Å²) in [5.74, 6) is 0. The van der Waals surface area contributed by atoms with Crippen molar-refractivity contribution in [1.29, 1.82) is 0 Å². The largest absolute Gasteiger partial charge is 0.408 e. The Balaban J connectivity index is 1.62. The molecule has 0 bridgehead atoms. The first-order chi connectivity index (χ1) is 24.1. The van der Waals surface area contributed by atoms with Crippen LogP contribution in [0.5, 0.6) is 0 Å². The lowest BCUT2D eigenvalue weighted by Gasteiger charge is -2.50. The first kappa shape index (κ1) is 37.6. The molecule has 5 rings (SSSR count). The Hall–Kier alpha value is -3.62. The molecule has 0 N–H and O–H groups in total.